The van der Waals surface area contributed by atoms with Crippen LogP contribution >= 0.6 is 0 Å². The molecule has 0 radical (unpaired) electrons. The van der Waals surface area contributed by atoms with Gasteiger partial charge in [0.05, 0.1) is 18.7 Å². The normalized spacial score (nSPS) is 22.9. The third-order valence-electron chi connectivity index (χ3n) is 5.21. The van der Waals surface area contributed by atoms with Gasteiger partial charge in [0.25, 0.3) is 0 Å². The van der Waals surface area contributed by atoms with Crippen molar-refractivity contribution in [3.05, 3.63) is 35.4 Å². The van der Waals surface area contributed by atoms with Crippen molar-refractivity contribution in [2.24, 2.45) is 5.92 Å². The number of nitrogens with zero attached hydrogens (tertiary/aromatic N) is 1. The SMILES string of the molecule is CC(O)CNCC(=O)N1CCc2ccccc2C1C1CCCC1. The highest BCUT2D eigenvalue weighted by molar-refractivity contribution is 5.79. The minimum atomic E-state index is -0.421. The minimum absolute atomic E-state index is 0.164. The van der Waals surface area contributed by atoms with E-state index in [1.165, 1.54) is 36.8 Å². The Labute approximate surface area is 138 Å². The van der Waals surface area contributed by atoms with Gasteiger partial charge in [-0.25, -0.2) is 0 Å². The molecule has 0 bridgehead atoms. The monoisotopic (exact) mass is 316 g/mol. The van der Waals surface area contributed by atoms with Gasteiger partial charge in [-0.1, -0.05) is 37.1 Å². The van der Waals surface area contributed by atoms with Crippen LogP contribution < -0.4 is 5.32 Å². The van der Waals surface area contributed by atoms with Gasteiger partial charge in [-0.3, -0.25) is 4.79 Å². The lowest BCUT2D eigenvalue weighted by atomic mass is 9.83. The maximum atomic E-state index is 12.7. The van der Waals surface area contributed by atoms with Crippen molar-refractivity contribution < 1.29 is 9.90 Å². The summed E-state index contributed by atoms with van der Waals surface area (Å²) >= 11 is 0. The Hall–Kier alpha value is -1.39. The predicted octanol–water partition coefficient (Wildman–Crippen LogP) is 2.27. The van der Waals surface area contributed by atoms with Crippen LogP contribution in [0.4, 0.5) is 0 Å². The van der Waals surface area contributed by atoms with Crippen LogP contribution in [0.5, 0.6) is 0 Å². The van der Waals surface area contributed by atoms with Gasteiger partial charge in [-0.05, 0) is 43.2 Å². The third kappa shape index (κ3) is 3.75. The number of aliphatic hydroxyl groups is 1. The molecule has 1 aromatic carbocycles. The third-order valence-corrected chi connectivity index (χ3v) is 5.21. The van der Waals surface area contributed by atoms with Gasteiger partial charge in [0.1, 0.15) is 0 Å². The zero-order valence-electron chi connectivity index (χ0n) is 14.0. The van der Waals surface area contributed by atoms with Gasteiger partial charge in [0, 0.05) is 13.1 Å². The number of hydrogen-bond donors (Lipinski definition) is 2. The first-order valence-corrected chi connectivity index (χ1v) is 8.93. The van der Waals surface area contributed by atoms with Crippen molar-refractivity contribution in [3.8, 4) is 0 Å². The van der Waals surface area contributed by atoms with Crippen LogP contribution in [0.25, 0.3) is 0 Å². The van der Waals surface area contributed by atoms with Crippen LogP contribution in [0.15, 0.2) is 24.3 Å². The van der Waals surface area contributed by atoms with Gasteiger partial charge in [0.2, 0.25) is 5.91 Å². The fraction of sp³-hybridized carbons (Fsp3) is 0.632. The minimum Gasteiger partial charge on any atom is -0.392 e. The Balaban J connectivity index is 1.77. The summed E-state index contributed by atoms with van der Waals surface area (Å²) < 4.78 is 0. The number of rotatable bonds is 5. The maximum absolute atomic E-state index is 12.7. The molecule has 3 rings (SSSR count). The second-order valence-corrected chi connectivity index (χ2v) is 7.01. The molecule has 2 aliphatic rings. The maximum Gasteiger partial charge on any atom is 0.237 e. The van der Waals surface area contributed by atoms with Gasteiger partial charge >= 0.3 is 0 Å². The number of aliphatic hydroxyl groups excluding tert-OH is 1. The molecule has 1 aromatic rings. The van der Waals surface area contributed by atoms with Crippen molar-refractivity contribution in [2.75, 3.05) is 19.6 Å². The molecular weight excluding hydrogens is 288 g/mol. The molecule has 1 aliphatic heterocycles. The van der Waals surface area contributed by atoms with Crippen molar-refractivity contribution in [3.63, 3.8) is 0 Å². The van der Waals surface area contributed by atoms with Crippen molar-refractivity contribution >= 4 is 5.91 Å². The largest absolute Gasteiger partial charge is 0.392 e. The van der Waals surface area contributed by atoms with E-state index in [0.717, 1.165) is 13.0 Å². The molecule has 126 valence electrons. The molecule has 1 fully saturated rings. The first-order chi connectivity index (χ1) is 11.2. The van der Waals surface area contributed by atoms with Gasteiger partial charge in [-0.2, -0.15) is 0 Å². The Morgan fingerprint density at radius 2 is 2.09 bits per heavy atom. The summed E-state index contributed by atoms with van der Waals surface area (Å²) in [5.74, 6) is 0.759. The number of carbonyl (C=O) groups excluding carboxylic acids is 1. The van der Waals surface area contributed by atoms with Gasteiger partial charge in [-0.15, -0.1) is 0 Å². The first-order valence-electron chi connectivity index (χ1n) is 8.93. The summed E-state index contributed by atoms with van der Waals surface area (Å²) in [6, 6.07) is 8.86. The van der Waals surface area contributed by atoms with Crippen LogP contribution in [-0.4, -0.2) is 41.7 Å². The van der Waals surface area contributed by atoms with E-state index in [0.29, 0.717) is 19.0 Å². The number of nitrogens with one attached hydrogen (secondary N) is 1. The Morgan fingerprint density at radius 3 is 2.83 bits per heavy atom. The number of hydrogen-bond acceptors (Lipinski definition) is 3. The number of benzene rings is 1. The van der Waals surface area contributed by atoms with Gasteiger partial charge in [0.15, 0.2) is 0 Å². The number of amides is 1. The number of carbonyl (C=O) groups is 1. The lowest BCUT2D eigenvalue weighted by Gasteiger charge is -2.41. The Bertz CT molecular complexity index is 538. The molecule has 1 amide bonds. The highest BCUT2D eigenvalue weighted by Gasteiger charge is 2.36. The van der Waals surface area contributed by atoms with Crippen molar-refractivity contribution in [2.45, 2.75) is 51.2 Å². The molecule has 0 saturated heterocycles. The topological polar surface area (TPSA) is 52.6 Å². The lowest BCUT2D eigenvalue weighted by molar-refractivity contribution is -0.134. The summed E-state index contributed by atoms with van der Waals surface area (Å²) in [4.78, 5) is 14.8. The van der Waals surface area contributed by atoms with Crippen LogP contribution in [0.3, 0.4) is 0 Å². The Kier molecular flexibility index (Phi) is 5.34. The van der Waals surface area contributed by atoms with E-state index in [2.05, 4.69) is 34.5 Å². The molecular formula is C19H28N2O2. The average Bonchev–Trinajstić information content (AvgIpc) is 3.07. The zero-order valence-corrected chi connectivity index (χ0v) is 14.0. The summed E-state index contributed by atoms with van der Waals surface area (Å²) in [7, 11) is 0. The second-order valence-electron chi connectivity index (χ2n) is 7.01. The summed E-state index contributed by atoms with van der Waals surface area (Å²) in [5, 5.41) is 12.4. The van der Waals surface area contributed by atoms with E-state index >= 15 is 0 Å². The molecule has 1 aliphatic carbocycles. The molecule has 1 heterocycles. The summed E-state index contributed by atoms with van der Waals surface area (Å²) in [6.07, 6.45) is 5.54. The fourth-order valence-corrected chi connectivity index (χ4v) is 4.15. The molecule has 2 N–H and O–H groups in total. The highest BCUT2D eigenvalue weighted by Crippen LogP contribution is 2.42. The van der Waals surface area contributed by atoms with E-state index in [1.807, 2.05) is 0 Å². The molecule has 23 heavy (non-hydrogen) atoms. The van der Waals surface area contributed by atoms with E-state index in [4.69, 9.17) is 0 Å². The summed E-state index contributed by atoms with van der Waals surface area (Å²) in [6.45, 7) is 3.32. The van der Waals surface area contributed by atoms with Crippen LogP contribution in [0.2, 0.25) is 0 Å². The van der Waals surface area contributed by atoms with Gasteiger partial charge < -0.3 is 15.3 Å². The van der Waals surface area contributed by atoms with E-state index < -0.39 is 6.10 Å². The molecule has 0 spiro atoms. The standard InChI is InChI=1S/C19H28N2O2/c1-14(22)12-20-13-18(23)21-11-10-15-6-4-5-9-17(15)19(21)16-7-2-3-8-16/h4-6,9,14,16,19-20,22H,2-3,7-8,10-13H2,1H3. The Morgan fingerprint density at radius 1 is 1.35 bits per heavy atom. The van der Waals surface area contributed by atoms with E-state index in [9.17, 15) is 9.90 Å². The zero-order chi connectivity index (χ0) is 16.2. The quantitative estimate of drug-likeness (QED) is 0.876. The number of fused-ring (bicyclic) bond motifs is 1. The molecule has 1 saturated carbocycles. The lowest BCUT2D eigenvalue weighted by Crippen LogP contribution is -2.46. The first kappa shape index (κ1) is 16.5. The molecule has 4 nitrogen and oxygen atoms in total. The van der Waals surface area contributed by atoms with E-state index in [-0.39, 0.29) is 11.9 Å². The van der Waals surface area contributed by atoms with Crippen LogP contribution in [-0.2, 0) is 11.2 Å². The summed E-state index contributed by atoms with van der Waals surface area (Å²) in [5.41, 5.74) is 2.76. The van der Waals surface area contributed by atoms with E-state index in [1.54, 1.807) is 6.92 Å². The smallest absolute Gasteiger partial charge is 0.237 e. The van der Waals surface area contributed by atoms with Crippen molar-refractivity contribution in [1.29, 1.82) is 0 Å². The molecule has 2 atom stereocenters. The second kappa shape index (κ2) is 7.45. The molecule has 4 heteroatoms. The van der Waals surface area contributed by atoms with Crippen LogP contribution in [0, 0.1) is 5.92 Å². The fourth-order valence-electron chi connectivity index (χ4n) is 4.15. The molecule has 0 aromatic heterocycles. The molecule has 2 unspecified atom stereocenters. The van der Waals surface area contributed by atoms with Crippen molar-refractivity contribution in [1.82, 2.24) is 10.2 Å². The average molecular weight is 316 g/mol. The highest BCUT2D eigenvalue weighted by atomic mass is 16.3. The van der Waals surface area contributed by atoms with Crippen LogP contribution in [0.1, 0.15) is 49.8 Å². The predicted molar refractivity (Wildman–Crippen MR) is 91.1 cm³/mol.